The van der Waals surface area contributed by atoms with Gasteiger partial charge >= 0.3 is 0 Å². The molecular weight excluding hydrogens is 202 g/mol. The predicted molar refractivity (Wildman–Crippen MR) is 51.4 cm³/mol. The first-order chi connectivity index (χ1) is 7.15. The van der Waals surface area contributed by atoms with E-state index in [-0.39, 0.29) is 17.8 Å². The predicted octanol–water partition coefficient (Wildman–Crippen LogP) is 1.54. The molecule has 0 unspecified atom stereocenters. The molecule has 3 nitrogen and oxygen atoms in total. The van der Waals surface area contributed by atoms with Crippen molar-refractivity contribution in [3.63, 3.8) is 0 Å². The van der Waals surface area contributed by atoms with Crippen LogP contribution in [0.15, 0.2) is 12.3 Å². The molecular formula is C10H12F2N2O. The number of hydrogen-bond acceptors (Lipinski definition) is 3. The van der Waals surface area contributed by atoms with Gasteiger partial charge in [0.25, 0.3) is 0 Å². The fraction of sp³-hybridized carbons (Fsp3) is 0.500. The SMILES string of the molecule is OCC1(CNc2ncc(F)cc2F)CC1. The zero-order valence-corrected chi connectivity index (χ0v) is 8.13. The molecule has 0 aromatic carbocycles. The smallest absolute Gasteiger partial charge is 0.168 e. The number of halogens is 2. The highest BCUT2D eigenvalue weighted by atomic mass is 19.1. The van der Waals surface area contributed by atoms with Gasteiger partial charge in [-0.3, -0.25) is 0 Å². The number of pyridine rings is 1. The Hall–Kier alpha value is -1.23. The van der Waals surface area contributed by atoms with Crippen LogP contribution in [-0.4, -0.2) is 23.2 Å². The van der Waals surface area contributed by atoms with Crippen molar-refractivity contribution >= 4 is 5.82 Å². The second-order valence-corrected chi connectivity index (χ2v) is 4.00. The average Bonchev–Trinajstić information content (AvgIpc) is 2.97. The molecule has 2 N–H and O–H groups in total. The van der Waals surface area contributed by atoms with Crippen LogP contribution in [0.3, 0.4) is 0 Å². The van der Waals surface area contributed by atoms with Crippen LogP contribution in [0.1, 0.15) is 12.8 Å². The monoisotopic (exact) mass is 214 g/mol. The topological polar surface area (TPSA) is 45.1 Å². The van der Waals surface area contributed by atoms with Gasteiger partial charge in [0.1, 0.15) is 5.82 Å². The molecule has 1 aromatic rings. The molecule has 0 saturated heterocycles. The van der Waals surface area contributed by atoms with Gasteiger partial charge < -0.3 is 10.4 Å². The summed E-state index contributed by atoms with van der Waals surface area (Å²) in [5.74, 6) is -1.36. The molecule has 1 heterocycles. The third-order valence-corrected chi connectivity index (χ3v) is 2.73. The lowest BCUT2D eigenvalue weighted by molar-refractivity contribution is 0.219. The van der Waals surface area contributed by atoms with E-state index < -0.39 is 11.6 Å². The number of aliphatic hydroxyl groups is 1. The zero-order chi connectivity index (χ0) is 10.9. The maximum atomic E-state index is 13.1. The number of hydrogen-bond donors (Lipinski definition) is 2. The van der Waals surface area contributed by atoms with Crippen LogP contribution >= 0.6 is 0 Å². The van der Waals surface area contributed by atoms with Crippen LogP contribution in [0.5, 0.6) is 0 Å². The Labute approximate surface area is 86.1 Å². The quantitative estimate of drug-likeness (QED) is 0.799. The van der Waals surface area contributed by atoms with Crippen molar-refractivity contribution in [1.29, 1.82) is 0 Å². The summed E-state index contributed by atoms with van der Waals surface area (Å²) in [6.07, 6.45) is 2.82. The third kappa shape index (κ3) is 2.23. The van der Waals surface area contributed by atoms with Gasteiger partial charge in [-0.05, 0) is 12.8 Å². The van der Waals surface area contributed by atoms with Gasteiger partial charge in [-0.25, -0.2) is 13.8 Å². The van der Waals surface area contributed by atoms with E-state index in [2.05, 4.69) is 10.3 Å². The maximum Gasteiger partial charge on any atom is 0.168 e. The number of anilines is 1. The molecule has 1 saturated carbocycles. The Morgan fingerprint density at radius 2 is 2.20 bits per heavy atom. The second kappa shape index (κ2) is 3.73. The summed E-state index contributed by atoms with van der Waals surface area (Å²) in [6, 6.07) is 0.786. The van der Waals surface area contributed by atoms with Crippen LogP contribution in [0.2, 0.25) is 0 Å². The minimum Gasteiger partial charge on any atom is -0.396 e. The van der Waals surface area contributed by atoms with Crippen LogP contribution < -0.4 is 5.32 Å². The molecule has 1 aromatic heterocycles. The van der Waals surface area contributed by atoms with E-state index in [1.165, 1.54) is 0 Å². The van der Waals surface area contributed by atoms with E-state index in [1.54, 1.807) is 0 Å². The highest BCUT2D eigenvalue weighted by Crippen LogP contribution is 2.44. The summed E-state index contributed by atoms with van der Waals surface area (Å²) in [5, 5.41) is 11.8. The van der Waals surface area contributed by atoms with Gasteiger partial charge in [-0.15, -0.1) is 0 Å². The molecule has 0 atom stereocenters. The van der Waals surface area contributed by atoms with E-state index in [0.29, 0.717) is 6.54 Å². The Morgan fingerprint density at radius 3 is 2.73 bits per heavy atom. The largest absolute Gasteiger partial charge is 0.396 e. The molecule has 82 valence electrons. The number of aromatic nitrogens is 1. The Morgan fingerprint density at radius 1 is 1.47 bits per heavy atom. The lowest BCUT2D eigenvalue weighted by Crippen LogP contribution is -2.20. The summed E-state index contributed by atoms with van der Waals surface area (Å²) < 4.78 is 25.7. The van der Waals surface area contributed by atoms with E-state index in [4.69, 9.17) is 5.11 Å². The molecule has 2 rings (SSSR count). The minimum atomic E-state index is -0.705. The van der Waals surface area contributed by atoms with Crippen molar-refractivity contribution in [2.45, 2.75) is 12.8 Å². The highest BCUT2D eigenvalue weighted by molar-refractivity contribution is 5.36. The third-order valence-electron chi connectivity index (χ3n) is 2.73. The van der Waals surface area contributed by atoms with E-state index in [0.717, 1.165) is 25.1 Å². The second-order valence-electron chi connectivity index (χ2n) is 4.00. The summed E-state index contributed by atoms with van der Waals surface area (Å²) in [4.78, 5) is 3.60. The normalized spacial score (nSPS) is 17.5. The summed E-state index contributed by atoms with van der Waals surface area (Å²) in [7, 11) is 0. The van der Waals surface area contributed by atoms with Gasteiger partial charge in [-0.2, -0.15) is 0 Å². The molecule has 5 heteroatoms. The van der Waals surface area contributed by atoms with Gasteiger partial charge in [0.2, 0.25) is 0 Å². The standard InChI is InChI=1S/C10H12F2N2O/c11-7-3-8(12)9(13-4-7)14-5-10(6-15)1-2-10/h3-4,15H,1-2,5-6H2,(H,13,14). The summed E-state index contributed by atoms with van der Waals surface area (Å²) >= 11 is 0. The van der Waals surface area contributed by atoms with Crippen molar-refractivity contribution in [2.24, 2.45) is 5.41 Å². The van der Waals surface area contributed by atoms with Crippen molar-refractivity contribution in [3.8, 4) is 0 Å². The fourth-order valence-corrected chi connectivity index (χ4v) is 1.38. The molecule has 1 aliphatic carbocycles. The zero-order valence-electron chi connectivity index (χ0n) is 8.13. The fourth-order valence-electron chi connectivity index (χ4n) is 1.38. The van der Waals surface area contributed by atoms with Crippen molar-refractivity contribution < 1.29 is 13.9 Å². The molecule has 0 bridgehead atoms. The summed E-state index contributed by atoms with van der Waals surface area (Å²) in [6.45, 7) is 0.557. The molecule has 0 aliphatic heterocycles. The van der Waals surface area contributed by atoms with Gasteiger partial charge in [0.15, 0.2) is 11.6 Å². The first-order valence-corrected chi connectivity index (χ1v) is 4.81. The van der Waals surface area contributed by atoms with E-state index in [9.17, 15) is 8.78 Å². The lowest BCUT2D eigenvalue weighted by Gasteiger charge is -2.13. The van der Waals surface area contributed by atoms with E-state index >= 15 is 0 Å². The van der Waals surface area contributed by atoms with Crippen molar-refractivity contribution in [3.05, 3.63) is 23.9 Å². The van der Waals surface area contributed by atoms with Gasteiger partial charge in [-0.1, -0.05) is 0 Å². The number of rotatable bonds is 4. The molecule has 0 spiro atoms. The molecule has 1 aliphatic rings. The minimum absolute atomic E-state index is 0.0381. The van der Waals surface area contributed by atoms with Crippen LogP contribution in [0, 0.1) is 17.0 Å². The lowest BCUT2D eigenvalue weighted by atomic mass is 10.1. The van der Waals surface area contributed by atoms with Crippen LogP contribution in [-0.2, 0) is 0 Å². The van der Waals surface area contributed by atoms with E-state index in [1.807, 2.05) is 0 Å². The molecule has 1 fully saturated rings. The Balaban J connectivity index is 1.99. The first kappa shape index (κ1) is 10.3. The number of nitrogens with one attached hydrogen (secondary N) is 1. The number of nitrogens with zero attached hydrogens (tertiary/aromatic N) is 1. The van der Waals surface area contributed by atoms with Crippen LogP contribution in [0.25, 0.3) is 0 Å². The van der Waals surface area contributed by atoms with Gasteiger partial charge in [0.05, 0.1) is 12.8 Å². The Kier molecular flexibility index (Phi) is 2.56. The molecule has 0 radical (unpaired) electrons. The first-order valence-electron chi connectivity index (χ1n) is 4.81. The highest BCUT2D eigenvalue weighted by Gasteiger charge is 2.41. The number of aliphatic hydroxyl groups excluding tert-OH is 1. The molecule has 15 heavy (non-hydrogen) atoms. The maximum absolute atomic E-state index is 13.1. The van der Waals surface area contributed by atoms with Crippen molar-refractivity contribution in [1.82, 2.24) is 4.98 Å². The average molecular weight is 214 g/mol. The summed E-state index contributed by atoms with van der Waals surface area (Å²) in [5.41, 5.74) is -0.123. The Bertz CT molecular complexity index is 366. The molecule has 0 amide bonds. The van der Waals surface area contributed by atoms with Gasteiger partial charge in [0, 0.05) is 18.0 Å². The van der Waals surface area contributed by atoms with Crippen molar-refractivity contribution in [2.75, 3.05) is 18.5 Å². The van der Waals surface area contributed by atoms with Crippen LogP contribution in [0.4, 0.5) is 14.6 Å².